The Hall–Kier alpha value is 0.0900. The first-order chi connectivity index (χ1) is 6.05. The molecule has 1 atom stereocenters. The Balaban J connectivity index is 0.00000169. The molecule has 0 radical (unpaired) electrons. The van der Waals surface area contributed by atoms with E-state index in [4.69, 9.17) is 5.73 Å². The second-order valence-corrected chi connectivity index (χ2v) is 4.18. The van der Waals surface area contributed by atoms with Crippen LogP contribution in [0.3, 0.4) is 0 Å². The van der Waals surface area contributed by atoms with Crippen LogP contribution in [0.25, 0.3) is 0 Å². The van der Waals surface area contributed by atoms with E-state index in [1.165, 1.54) is 0 Å². The average molecular weight is 223 g/mol. The molecule has 1 rings (SSSR count). The van der Waals surface area contributed by atoms with Gasteiger partial charge in [-0.25, -0.2) is 8.42 Å². The molecular weight excluding hydrogens is 213 g/mol. The standard InChI is InChI=1S/C8H11NO3S.Na/c9-6-8(13(10,11)12)7-4-2-1-3-5-7;/h1-5,8H,6,9H2,(H,10,11,12);/q;+1/p-1. The summed E-state index contributed by atoms with van der Waals surface area (Å²) in [6, 6.07) is 8.24. The molecule has 0 fully saturated rings. The molecule has 72 valence electrons. The summed E-state index contributed by atoms with van der Waals surface area (Å²) in [4.78, 5) is 0. The SMILES string of the molecule is NCC(c1ccccc1)S(=O)(=O)[O-].[Na+]. The first kappa shape index (κ1) is 14.1. The van der Waals surface area contributed by atoms with Gasteiger partial charge < -0.3 is 10.3 Å². The van der Waals surface area contributed by atoms with Crippen LogP contribution in [0.2, 0.25) is 0 Å². The van der Waals surface area contributed by atoms with Gasteiger partial charge in [-0.3, -0.25) is 0 Å². The normalized spacial score (nSPS) is 13.0. The molecule has 2 N–H and O–H groups in total. The van der Waals surface area contributed by atoms with Gasteiger partial charge in [-0.05, 0) is 5.56 Å². The smallest absolute Gasteiger partial charge is 0.747 e. The fourth-order valence-electron chi connectivity index (χ4n) is 1.09. The number of rotatable bonds is 3. The van der Waals surface area contributed by atoms with Crippen molar-refractivity contribution in [1.29, 1.82) is 0 Å². The molecule has 4 nitrogen and oxygen atoms in total. The molecule has 0 amide bonds. The molecule has 6 heteroatoms. The summed E-state index contributed by atoms with van der Waals surface area (Å²) in [5, 5.41) is -1.13. The van der Waals surface area contributed by atoms with Crippen molar-refractivity contribution in [1.82, 2.24) is 0 Å². The van der Waals surface area contributed by atoms with Crippen LogP contribution in [0, 0.1) is 0 Å². The van der Waals surface area contributed by atoms with Gasteiger partial charge in [0.1, 0.15) is 10.1 Å². The fraction of sp³-hybridized carbons (Fsp3) is 0.250. The van der Waals surface area contributed by atoms with Gasteiger partial charge in [-0.2, -0.15) is 0 Å². The Kier molecular flexibility index (Phi) is 5.88. The molecule has 0 saturated carbocycles. The minimum atomic E-state index is -4.34. The molecular formula is C8H10NNaO3S. The monoisotopic (exact) mass is 223 g/mol. The molecule has 0 bridgehead atoms. The molecule has 0 spiro atoms. The van der Waals surface area contributed by atoms with E-state index in [2.05, 4.69) is 0 Å². The maximum Gasteiger partial charge on any atom is 1.00 e. The summed E-state index contributed by atoms with van der Waals surface area (Å²) in [5.74, 6) is 0. The Morgan fingerprint density at radius 1 is 1.29 bits per heavy atom. The molecule has 0 aliphatic heterocycles. The fourth-order valence-corrected chi connectivity index (χ4v) is 1.81. The second-order valence-electron chi connectivity index (χ2n) is 2.63. The summed E-state index contributed by atoms with van der Waals surface area (Å²) in [6.45, 7) is -0.185. The summed E-state index contributed by atoms with van der Waals surface area (Å²) >= 11 is 0. The maximum atomic E-state index is 10.7. The van der Waals surface area contributed by atoms with E-state index in [0.29, 0.717) is 5.56 Å². The first-order valence-corrected chi connectivity index (χ1v) is 5.22. The number of nitrogens with two attached hydrogens (primary N) is 1. The van der Waals surface area contributed by atoms with Gasteiger partial charge in [0.15, 0.2) is 0 Å². The van der Waals surface area contributed by atoms with Crippen molar-refractivity contribution in [3.63, 3.8) is 0 Å². The number of hydrogen-bond acceptors (Lipinski definition) is 4. The number of hydrogen-bond donors (Lipinski definition) is 1. The zero-order valence-corrected chi connectivity index (χ0v) is 10.7. The van der Waals surface area contributed by atoms with E-state index in [9.17, 15) is 13.0 Å². The van der Waals surface area contributed by atoms with Crippen molar-refractivity contribution < 1.29 is 42.5 Å². The molecule has 1 aromatic carbocycles. The van der Waals surface area contributed by atoms with Crippen LogP contribution in [0.15, 0.2) is 30.3 Å². The van der Waals surface area contributed by atoms with E-state index in [0.717, 1.165) is 0 Å². The average Bonchev–Trinajstić information content (AvgIpc) is 2.05. The topological polar surface area (TPSA) is 83.2 Å². The largest absolute Gasteiger partial charge is 1.00 e. The van der Waals surface area contributed by atoms with Crippen molar-refractivity contribution >= 4 is 10.1 Å². The molecule has 1 unspecified atom stereocenters. The van der Waals surface area contributed by atoms with Crippen LogP contribution in [0.5, 0.6) is 0 Å². The third kappa shape index (κ3) is 3.68. The zero-order valence-electron chi connectivity index (χ0n) is 7.88. The van der Waals surface area contributed by atoms with Crippen molar-refractivity contribution in [2.75, 3.05) is 6.54 Å². The Morgan fingerprint density at radius 3 is 2.14 bits per heavy atom. The van der Waals surface area contributed by atoms with Crippen LogP contribution in [-0.2, 0) is 10.1 Å². The quantitative estimate of drug-likeness (QED) is 0.444. The molecule has 14 heavy (non-hydrogen) atoms. The van der Waals surface area contributed by atoms with E-state index >= 15 is 0 Å². The Morgan fingerprint density at radius 2 is 1.79 bits per heavy atom. The number of benzene rings is 1. The van der Waals surface area contributed by atoms with Crippen LogP contribution in [0.4, 0.5) is 0 Å². The maximum absolute atomic E-state index is 10.7. The van der Waals surface area contributed by atoms with Gasteiger partial charge in [-0.1, -0.05) is 30.3 Å². The summed E-state index contributed by atoms with van der Waals surface area (Å²) in [7, 11) is -4.34. The molecule has 0 aromatic heterocycles. The van der Waals surface area contributed by atoms with E-state index in [-0.39, 0.29) is 36.1 Å². The summed E-state index contributed by atoms with van der Waals surface area (Å²) in [6.07, 6.45) is 0. The van der Waals surface area contributed by atoms with Crippen LogP contribution in [-0.4, -0.2) is 19.5 Å². The minimum absolute atomic E-state index is 0. The third-order valence-electron chi connectivity index (χ3n) is 1.73. The van der Waals surface area contributed by atoms with Gasteiger partial charge in [-0.15, -0.1) is 0 Å². The van der Waals surface area contributed by atoms with E-state index < -0.39 is 15.4 Å². The van der Waals surface area contributed by atoms with Crippen LogP contribution in [0.1, 0.15) is 10.8 Å². The predicted octanol–water partition coefficient (Wildman–Crippen LogP) is -2.76. The van der Waals surface area contributed by atoms with E-state index in [1.807, 2.05) is 0 Å². The van der Waals surface area contributed by atoms with Crippen LogP contribution >= 0.6 is 0 Å². The molecule has 0 aliphatic carbocycles. The van der Waals surface area contributed by atoms with E-state index in [1.54, 1.807) is 30.3 Å². The summed E-state index contributed by atoms with van der Waals surface area (Å²) < 4.78 is 32.2. The van der Waals surface area contributed by atoms with Crippen molar-refractivity contribution in [3.8, 4) is 0 Å². The van der Waals surface area contributed by atoms with Crippen molar-refractivity contribution in [3.05, 3.63) is 35.9 Å². The third-order valence-corrected chi connectivity index (χ3v) is 2.90. The second kappa shape index (κ2) is 5.85. The molecule has 1 aromatic rings. The van der Waals surface area contributed by atoms with Crippen molar-refractivity contribution in [2.45, 2.75) is 5.25 Å². The summed E-state index contributed by atoms with van der Waals surface area (Å²) in [5.41, 5.74) is 5.66. The zero-order chi connectivity index (χ0) is 9.90. The Labute approximate surface area is 106 Å². The van der Waals surface area contributed by atoms with Gasteiger partial charge in [0.05, 0.1) is 5.25 Å². The van der Waals surface area contributed by atoms with Gasteiger partial charge >= 0.3 is 29.6 Å². The predicted molar refractivity (Wildman–Crippen MR) is 47.9 cm³/mol. The van der Waals surface area contributed by atoms with Gasteiger partial charge in [0, 0.05) is 6.54 Å². The first-order valence-electron chi connectivity index (χ1n) is 3.75. The van der Waals surface area contributed by atoms with Crippen LogP contribution < -0.4 is 35.3 Å². The van der Waals surface area contributed by atoms with Gasteiger partial charge in [0.2, 0.25) is 0 Å². The Bertz CT molecular complexity index is 365. The molecule has 0 heterocycles. The van der Waals surface area contributed by atoms with Gasteiger partial charge in [0.25, 0.3) is 0 Å². The van der Waals surface area contributed by atoms with Crippen molar-refractivity contribution in [2.24, 2.45) is 5.73 Å². The molecule has 0 aliphatic rings. The minimum Gasteiger partial charge on any atom is -0.747 e. The molecule has 0 saturated heterocycles.